The van der Waals surface area contributed by atoms with Crippen LogP contribution in [-0.4, -0.2) is 81.9 Å². The lowest BCUT2D eigenvalue weighted by molar-refractivity contribution is 0.154. The van der Waals surface area contributed by atoms with E-state index in [0.29, 0.717) is 13.2 Å². The van der Waals surface area contributed by atoms with Crippen molar-refractivity contribution in [2.75, 3.05) is 60.0 Å². The molecule has 0 aliphatic carbocycles. The number of amides is 2. The molecule has 0 radical (unpaired) electrons. The summed E-state index contributed by atoms with van der Waals surface area (Å²) >= 11 is 0. The maximum absolute atomic E-state index is 12.1. The van der Waals surface area contributed by atoms with Crippen molar-refractivity contribution in [3.8, 4) is 11.5 Å². The summed E-state index contributed by atoms with van der Waals surface area (Å²) in [5.74, 6) is 1.67. The third-order valence-electron chi connectivity index (χ3n) is 4.82. The number of carbonyl (C=O) groups excluding carboxylic acids is 1. The Bertz CT molecular complexity index is 588. The lowest BCUT2D eigenvalue weighted by Gasteiger charge is -2.32. The zero-order chi connectivity index (χ0) is 17.6. The lowest BCUT2D eigenvalue weighted by Crippen LogP contribution is -2.50. The minimum atomic E-state index is -0.130. The first kappa shape index (κ1) is 17.8. The van der Waals surface area contributed by atoms with E-state index >= 15 is 0 Å². The summed E-state index contributed by atoms with van der Waals surface area (Å²) in [6.07, 6.45) is 0.748. The molecule has 3 rings (SSSR count). The van der Waals surface area contributed by atoms with Gasteiger partial charge in [-0.3, -0.25) is 4.90 Å². The van der Waals surface area contributed by atoms with E-state index in [1.165, 1.54) is 0 Å². The molecule has 0 spiro atoms. The number of fused-ring (bicyclic) bond motifs is 1. The van der Waals surface area contributed by atoms with E-state index in [-0.39, 0.29) is 12.1 Å². The number of carbonyl (C=O) groups is 1. The number of rotatable bonds is 5. The van der Waals surface area contributed by atoms with Crippen LogP contribution in [0.25, 0.3) is 0 Å². The van der Waals surface area contributed by atoms with Gasteiger partial charge in [-0.05, 0) is 37.2 Å². The second kappa shape index (κ2) is 8.40. The minimum Gasteiger partial charge on any atom is -0.497 e. The fourth-order valence-electron chi connectivity index (χ4n) is 3.23. The van der Waals surface area contributed by atoms with Gasteiger partial charge in [0.05, 0.1) is 13.2 Å². The van der Waals surface area contributed by atoms with Crippen molar-refractivity contribution < 1.29 is 14.3 Å². The molecule has 2 aliphatic rings. The van der Waals surface area contributed by atoms with Gasteiger partial charge >= 0.3 is 6.03 Å². The van der Waals surface area contributed by atoms with Gasteiger partial charge in [0.15, 0.2) is 0 Å². The number of nitrogens with one attached hydrogen (secondary N) is 2. The van der Waals surface area contributed by atoms with Crippen molar-refractivity contribution in [2.45, 2.75) is 12.5 Å². The summed E-state index contributed by atoms with van der Waals surface area (Å²) in [6, 6.07) is 5.62. The molecular weight excluding hydrogens is 320 g/mol. The predicted octanol–water partition coefficient (Wildman–Crippen LogP) is 0.545. The quantitative estimate of drug-likeness (QED) is 0.813. The molecule has 0 bridgehead atoms. The Morgan fingerprint density at radius 1 is 1.32 bits per heavy atom. The third-order valence-corrected chi connectivity index (χ3v) is 4.82. The summed E-state index contributed by atoms with van der Waals surface area (Å²) in [4.78, 5) is 16.8. The molecule has 25 heavy (non-hydrogen) atoms. The van der Waals surface area contributed by atoms with E-state index in [1.54, 1.807) is 7.11 Å². The number of urea groups is 1. The molecule has 1 saturated heterocycles. The summed E-state index contributed by atoms with van der Waals surface area (Å²) in [6.45, 7) is 6.36. The van der Waals surface area contributed by atoms with Crippen LogP contribution in [0.5, 0.6) is 11.5 Å². The smallest absolute Gasteiger partial charge is 0.315 e. The van der Waals surface area contributed by atoms with E-state index in [1.807, 2.05) is 18.2 Å². The minimum absolute atomic E-state index is 0.0248. The van der Waals surface area contributed by atoms with Crippen LogP contribution in [-0.2, 0) is 6.42 Å². The summed E-state index contributed by atoms with van der Waals surface area (Å²) in [5.41, 5.74) is 1.06. The average molecular weight is 348 g/mol. The number of methoxy groups -OCH3 is 1. The van der Waals surface area contributed by atoms with E-state index in [9.17, 15) is 4.79 Å². The van der Waals surface area contributed by atoms with E-state index in [2.05, 4.69) is 27.5 Å². The van der Waals surface area contributed by atoms with Crippen LogP contribution in [0.3, 0.4) is 0 Å². The number of hydrogen-bond donors (Lipinski definition) is 2. The van der Waals surface area contributed by atoms with Crippen molar-refractivity contribution in [1.29, 1.82) is 0 Å². The Kier molecular flexibility index (Phi) is 5.99. The number of piperazine rings is 1. The number of hydrogen-bond acceptors (Lipinski definition) is 5. The predicted molar refractivity (Wildman–Crippen MR) is 96.5 cm³/mol. The van der Waals surface area contributed by atoms with Gasteiger partial charge in [-0.15, -0.1) is 0 Å². The molecule has 0 aromatic heterocycles. The highest BCUT2D eigenvalue weighted by Crippen LogP contribution is 2.28. The number of likely N-dealkylation sites (N-methyl/N-ethyl adjacent to an activating group) is 1. The van der Waals surface area contributed by atoms with Crippen LogP contribution in [0.15, 0.2) is 18.2 Å². The first-order chi connectivity index (χ1) is 12.1. The molecule has 1 unspecified atom stereocenters. The molecule has 1 fully saturated rings. The van der Waals surface area contributed by atoms with Gasteiger partial charge < -0.3 is 25.0 Å². The van der Waals surface area contributed by atoms with Gasteiger partial charge in [-0.1, -0.05) is 0 Å². The highest BCUT2D eigenvalue weighted by atomic mass is 16.5. The van der Waals surface area contributed by atoms with Gasteiger partial charge in [-0.25, -0.2) is 4.79 Å². The molecule has 2 N–H and O–H groups in total. The Hall–Kier alpha value is -1.99. The molecule has 2 aliphatic heterocycles. The number of benzene rings is 1. The molecule has 2 heterocycles. The summed E-state index contributed by atoms with van der Waals surface area (Å²) < 4.78 is 11.0. The molecule has 2 amide bonds. The maximum atomic E-state index is 12.1. The fraction of sp³-hybridized carbons (Fsp3) is 0.611. The van der Waals surface area contributed by atoms with Gasteiger partial charge in [0, 0.05) is 39.3 Å². The SMILES string of the molecule is COc1ccc2c(c1)CC(NC(=O)NCCN1CCN(C)CC1)CO2. The second-order valence-corrected chi connectivity index (χ2v) is 6.73. The van der Waals surface area contributed by atoms with Crippen LogP contribution < -0.4 is 20.1 Å². The Morgan fingerprint density at radius 2 is 2.12 bits per heavy atom. The van der Waals surface area contributed by atoms with Crippen molar-refractivity contribution in [3.05, 3.63) is 23.8 Å². The van der Waals surface area contributed by atoms with Crippen molar-refractivity contribution in [1.82, 2.24) is 20.4 Å². The van der Waals surface area contributed by atoms with Gasteiger partial charge in [0.1, 0.15) is 18.1 Å². The fourth-order valence-corrected chi connectivity index (χ4v) is 3.23. The molecule has 138 valence electrons. The Balaban J connectivity index is 1.39. The molecule has 1 aromatic carbocycles. The highest BCUT2D eigenvalue weighted by Gasteiger charge is 2.22. The van der Waals surface area contributed by atoms with Gasteiger partial charge in [0.2, 0.25) is 0 Å². The standard InChI is InChI=1S/C18H28N4O3/c1-21-7-9-22(10-8-21)6-5-19-18(23)20-15-11-14-12-16(24-2)3-4-17(14)25-13-15/h3-4,12,15H,5-11,13H2,1-2H3,(H2,19,20,23). The maximum Gasteiger partial charge on any atom is 0.315 e. The monoisotopic (exact) mass is 348 g/mol. The number of nitrogens with zero attached hydrogens (tertiary/aromatic N) is 2. The topological polar surface area (TPSA) is 66.1 Å². The first-order valence-corrected chi connectivity index (χ1v) is 8.89. The van der Waals surface area contributed by atoms with E-state index in [4.69, 9.17) is 9.47 Å². The molecular formula is C18H28N4O3. The van der Waals surface area contributed by atoms with Crippen molar-refractivity contribution in [3.63, 3.8) is 0 Å². The lowest BCUT2D eigenvalue weighted by atomic mass is 10.0. The molecule has 0 saturated carbocycles. The largest absolute Gasteiger partial charge is 0.497 e. The zero-order valence-corrected chi connectivity index (χ0v) is 15.1. The summed E-state index contributed by atoms with van der Waals surface area (Å²) in [7, 11) is 3.79. The van der Waals surface area contributed by atoms with E-state index < -0.39 is 0 Å². The van der Waals surface area contributed by atoms with Crippen LogP contribution in [0, 0.1) is 0 Å². The van der Waals surface area contributed by atoms with Gasteiger partial charge in [-0.2, -0.15) is 0 Å². The van der Waals surface area contributed by atoms with Crippen LogP contribution >= 0.6 is 0 Å². The van der Waals surface area contributed by atoms with Crippen LogP contribution in [0.2, 0.25) is 0 Å². The van der Waals surface area contributed by atoms with Crippen molar-refractivity contribution in [2.24, 2.45) is 0 Å². The first-order valence-electron chi connectivity index (χ1n) is 8.89. The normalized spacial score (nSPS) is 21.1. The van der Waals surface area contributed by atoms with Crippen molar-refractivity contribution >= 4 is 6.03 Å². The summed E-state index contributed by atoms with van der Waals surface area (Å²) in [5, 5.41) is 5.95. The highest BCUT2D eigenvalue weighted by molar-refractivity contribution is 5.74. The molecule has 1 aromatic rings. The molecule has 7 heteroatoms. The third kappa shape index (κ3) is 4.99. The zero-order valence-electron chi connectivity index (χ0n) is 15.1. The van der Waals surface area contributed by atoms with Crippen LogP contribution in [0.1, 0.15) is 5.56 Å². The van der Waals surface area contributed by atoms with Crippen LogP contribution in [0.4, 0.5) is 4.79 Å². The van der Waals surface area contributed by atoms with E-state index in [0.717, 1.165) is 56.2 Å². The molecule has 1 atom stereocenters. The number of ether oxygens (including phenoxy) is 2. The Labute approximate surface area is 149 Å². The second-order valence-electron chi connectivity index (χ2n) is 6.73. The Morgan fingerprint density at radius 3 is 2.88 bits per heavy atom. The average Bonchev–Trinajstić information content (AvgIpc) is 2.62. The molecule has 7 nitrogen and oxygen atoms in total. The van der Waals surface area contributed by atoms with Gasteiger partial charge in [0.25, 0.3) is 0 Å².